The quantitative estimate of drug-likeness (QED) is 0.804. The minimum absolute atomic E-state index is 0.980. The van der Waals surface area contributed by atoms with Crippen LogP contribution in [-0.2, 0) is 6.54 Å². The Balaban J connectivity index is 1.76. The van der Waals surface area contributed by atoms with Crippen LogP contribution >= 0.6 is 15.9 Å². The van der Waals surface area contributed by atoms with Crippen LogP contribution in [0.5, 0.6) is 0 Å². The van der Waals surface area contributed by atoms with Crippen molar-refractivity contribution in [2.24, 2.45) is 5.92 Å². The molecule has 1 aliphatic carbocycles. The van der Waals surface area contributed by atoms with Crippen LogP contribution in [0.3, 0.4) is 0 Å². The number of rotatable bonds is 5. The molecule has 0 aliphatic heterocycles. The van der Waals surface area contributed by atoms with E-state index in [1.54, 1.807) is 0 Å². The van der Waals surface area contributed by atoms with Gasteiger partial charge in [0.15, 0.2) is 0 Å². The Bertz CT molecular complexity index is 331. The van der Waals surface area contributed by atoms with Gasteiger partial charge in [-0.05, 0) is 43.0 Å². The second-order valence-corrected chi connectivity index (χ2v) is 5.36. The van der Waals surface area contributed by atoms with Crippen molar-refractivity contribution in [3.05, 3.63) is 33.8 Å². The van der Waals surface area contributed by atoms with Gasteiger partial charge in [-0.3, -0.25) is 0 Å². The van der Waals surface area contributed by atoms with E-state index in [0.29, 0.717) is 0 Å². The van der Waals surface area contributed by atoms with Crippen LogP contribution in [-0.4, -0.2) is 6.54 Å². The Morgan fingerprint density at radius 3 is 2.87 bits per heavy atom. The zero-order valence-electron chi connectivity index (χ0n) is 9.22. The van der Waals surface area contributed by atoms with Gasteiger partial charge < -0.3 is 5.32 Å². The number of halogens is 1. The normalized spacial score (nSPS) is 15.6. The first-order valence-corrected chi connectivity index (χ1v) is 6.51. The molecule has 0 radical (unpaired) electrons. The first-order valence-electron chi connectivity index (χ1n) is 5.71. The van der Waals surface area contributed by atoms with Crippen LogP contribution in [0.2, 0.25) is 0 Å². The maximum Gasteiger partial charge on any atom is 0.0222 e. The molecule has 15 heavy (non-hydrogen) atoms. The van der Waals surface area contributed by atoms with Crippen LogP contribution in [0.1, 0.15) is 30.4 Å². The van der Waals surface area contributed by atoms with E-state index in [9.17, 15) is 0 Å². The lowest BCUT2D eigenvalue weighted by Gasteiger charge is -2.07. The van der Waals surface area contributed by atoms with Crippen molar-refractivity contribution in [2.45, 2.75) is 32.7 Å². The fourth-order valence-corrected chi connectivity index (χ4v) is 2.36. The van der Waals surface area contributed by atoms with Gasteiger partial charge in [0, 0.05) is 11.0 Å². The second-order valence-electron chi connectivity index (χ2n) is 4.50. The highest BCUT2D eigenvalue weighted by Crippen LogP contribution is 2.31. The molecule has 0 atom stereocenters. The highest BCUT2D eigenvalue weighted by Gasteiger charge is 2.19. The predicted molar refractivity (Wildman–Crippen MR) is 67.9 cm³/mol. The van der Waals surface area contributed by atoms with Crippen LogP contribution in [0.15, 0.2) is 22.7 Å². The molecule has 1 nitrogen and oxygen atoms in total. The molecule has 0 saturated heterocycles. The molecule has 1 N–H and O–H groups in total. The molecule has 1 aromatic carbocycles. The summed E-state index contributed by atoms with van der Waals surface area (Å²) in [5, 5.41) is 3.50. The Hall–Kier alpha value is -0.340. The van der Waals surface area contributed by atoms with Crippen molar-refractivity contribution >= 4 is 15.9 Å². The Morgan fingerprint density at radius 1 is 1.40 bits per heavy atom. The summed E-state index contributed by atoms with van der Waals surface area (Å²) < 4.78 is 1.22. The molecule has 2 heteroatoms. The summed E-state index contributed by atoms with van der Waals surface area (Å²) >= 11 is 3.60. The first-order chi connectivity index (χ1) is 7.25. The zero-order valence-corrected chi connectivity index (χ0v) is 10.8. The minimum atomic E-state index is 0.980. The standard InChI is InChI=1S/C13H18BrN/c1-10-2-5-12(13(14)8-10)9-15-7-6-11-3-4-11/h2,5,8,11,15H,3-4,6-7,9H2,1H3. The van der Waals surface area contributed by atoms with Gasteiger partial charge in [-0.15, -0.1) is 0 Å². The van der Waals surface area contributed by atoms with E-state index in [4.69, 9.17) is 0 Å². The summed E-state index contributed by atoms with van der Waals surface area (Å²) in [5.74, 6) is 1.03. The van der Waals surface area contributed by atoms with Gasteiger partial charge in [-0.2, -0.15) is 0 Å². The van der Waals surface area contributed by atoms with Gasteiger partial charge in [-0.25, -0.2) is 0 Å². The molecule has 0 spiro atoms. The summed E-state index contributed by atoms with van der Waals surface area (Å²) in [6.45, 7) is 4.26. The molecule has 1 aliphatic rings. The molecule has 0 bridgehead atoms. The highest BCUT2D eigenvalue weighted by molar-refractivity contribution is 9.10. The molecular formula is C13H18BrN. The van der Waals surface area contributed by atoms with E-state index in [2.05, 4.69) is 46.4 Å². The second kappa shape index (κ2) is 5.13. The minimum Gasteiger partial charge on any atom is -0.313 e. The van der Waals surface area contributed by atoms with E-state index < -0.39 is 0 Å². The zero-order chi connectivity index (χ0) is 10.7. The number of nitrogens with one attached hydrogen (secondary N) is 1. The lowest BCUT2D eigenvalue weighted by atomic mass is 10.1. The third-order valence-electron chi connectivity index (χ3n) is 2.95. The molecule has 1 fully saturated rings. The molecule has 2 rings (SSSR count). The van der Waals surface area contributed by atoms with Crippen molar-refractivity contribution in [1.82, 2.24) is 5.32 Å². The largest absolute Gasteiger partial charge is 0.313 e. The van der Waals surface area contributed by atoms with Crippen molar-refractivity contribution in [2.75, 3.05) is 6.54 Å². The van der Waals surface area contributed by atoms with Crippen molar-refractivity contribution in [1.29, 1.82) is 0 Å². The Labute approximate surface area is 100 Å². The van der Waals surface area contributed by atoms with Crippen LogP contribution in [0.4, 0.5) is 0 Å². The predicted octanol–water partition coefficient (Wildman–Crippen LogP) is 3.65. The third kappa shape index (κ3) is 3.62. The number of aryl methyl sites for hydroxylation is 1. The number of hydrogen-bond acceptors (Lipinski definition) is 1. The van der Waals surface area contributed by atoms with Gasteiger partial charge in [0.05, 0.1) is 0 Å². The molecule has 1 saturated carbocycles. The van der Waals surface area contributed by atoms with Crippen molar-refractivity contribution < 1.29 is 0 Å². The topological polar surface area (TPSA) is 12.0 Å². The fourth-order valence-electron chi connectivity index (χ4n) is 1.73. The summed E-state index contributed by atoms with van der Waals surface area (Å²) in [6, 6.07) is 6.55. The SMILES string of the molecule is Cc1ccc(CNCCC2CC2)c(Br)c1. The van der Waals surface area contributed by atoms with E-state index in [0.717, 1.165) is 19.0 Å². The van der Waals surface area contributed by atoms with E-state index in [-0.39, 0.29) is 0 Å². The molecule has 0 aromatic heterocycles. The molecule has 0 amide bonds. The average Bonchev–Trinajstić information content (AvgIpc) is 2.99. The highest BCUT2D eigenvalue weighted by atomic mass is 79.9. The summed E-state index contributed by atoms with van der Waals surface area (Å²) in [6.07, 6.45) is 4.26. The average molecular weight is 268 g/mol. The van der Waals surface area contributed by atoms with Crippen LogP contribution in [0.25, 0.3) is 0 Å². The summed E-state index contributed by atoms with van der Waals surface area (Å²) in [7, 11) is 0. The smallest absolute Gasteiger partial charge is 0.0222 e. The lowest BCUT2D eigenvalue weighted by molar-refractivity contribution is 0.612. The molecule has 82 valence electrons. The van der Waals surface area contributed by atoms with Crippen LogP contribution in [0, 0.1) is 12.8 Å². The lowest BCUT2D eigenvalue weighted by Crippen LogP contribution is -2.15. The summed E-state index contributed by atoms with van der Waals surface area (Å²) in [5.41, 5.74) is 2.67. The van der Waals surface area contributed by atoms with Crippen LogP contribution < -0.4 is 5.32 Å². The molecule has 0 heterocycles. The van der Waals surface area contributed by atoms with Gasteiger partial charge in [0.1, 0.15) is 0 Å². The summed E-state index contributed by atoms with van der Waals surface area (Å²) in [4.78, 5) is 0. The maximum atomic E-state index is 3.60. The van der Waals surface area contributed by atoms with E-state index in [1.165, 1.54) is 34.9 Å². The number of hydrogen-bond donors (Lipinski definition) is 1. The van der Waals surface area contributed by atoms with Crippen molar-refractivity contribution in [3.8, 4) is 0 Å². The van der Waals surface area contributed by atoms with Gasteiger partial charge in [0.2, 0.25) is 0 Å². The van der Waals surface area contributed by atoms with E-state index >= 15 is 0 Å². The van der Waals surface area contributed by atoms with Gasteiger partial charge in [0.25, 0.3) is 0 Å². The Kier molecular flexibility index (Phi) is 3.81. The van der Waals surface area contributed by atoms with Gasteiger partial charge >= 0.3 is 0 Å². The van der Waals surface area contributed by atoms with Gasteiger partial charge in [-0.1, -0.05) is 40.9 Å². The molecule has 1 aromatic rings. The first kappa shape index (κ1) is 11.2. The fraction of sp³-hybridized carbons (Fsp3) is 0.538. The monoisotopic (exact) mass is 267 g/mol. The van der Waals surface area contributed by atoms with Crippen molar-refractivity contribution in [3.63, 3.8) is 0 Å². The third-order valence-corrected chi connectivity index (χ3v) is 3.69. The van der Waals surface area contributed by atoms with E-state index in [1.807, 2.05) is 0 Å². The number of benzene rings is 1. The molecule has 0 unspecified atom stereocenters. The molecular weight excluding hydrogens is 250 g/mol. The Morgan fingerprint density at radius 2 is 2.20 bits per heavy atom. The maximum absolute atomic E-state index is 3.60.